The predicted molar refractivity (Wildman–Crippen MR) is 75.1 cm³/mol. The minimum Gasteiger partial charge on any atom is -0.357 e. The lowest BCUT2D eigenvalue weighted by Crippen LogP contribution is -2.41. The van der Waals surface area contributed by atoms with Gasteiger partial charge in [-0.1, -0.05) is 6.07 Å². The summed E-state index contributed by atoms with van der Waals surface area (Å²) < 4.78 is 0. The molecule has 104 valence electrons. The minimum absolute atomic E-state index is 0.131. The highest BCUT2D eigenvalue weighted by Gasteiger charge is 2.30. The fourth-order valence-electron chi connectivity index (χ4n) is 2.58. The molecule has 2 heterocycles. The van der Waals surface area contributed by atoms with Gasteiger partial charge in [0.15, 0.2) is 0 Å². The number of carbonyl (C=O) groups excluding carboxylic acids is 1. The average molecular weight is 270 g/mol. The number of hydrogen-bond donors (Lipinski definition) is 1. The van der Waals surface area contributed by atoms with E-state index in [4.69, 9.17) is 5.26 Å². The molecule has 0 bridgehead atoms. The summed E-state index contributed by atoms with van der Waals surface area (Å²) in [6.45, 7) is 1.65. The highest BCUT2D eigenvalue weighted by Crippen LogP contribution is 2.24. The summed E-state index contributed by atoms with van der Waals surface area (Å²) in [5, 5.41) is 12.0. The monoisotopic (exact) mass is 270 g/mol. The molecule has 2 fully saturated rings. The topological polar surface area (TPSA) is 69.0 Å². The molecule has 0 unspecified atom stereocenters. The van der Waals surface area contributed by atoms with Crippen LogP contribution in [0.15, 0.2) is 18.2 Å². The van der Waals surface area contributed by atoms with Gasteiger partial charge in [0.1, 0.15) is 17.6 Å². The molecule has 0 spiro atoms. The maximum atomic E-state index is 12.0. The first-order valence-corrected chi connectivity index (χ1v) is 7.19. The summed E-state index contributed by atoms with van der Waals surface area (Å²) >= 11 is 0. The minimum atomic E-state index is 0.131. The predicted octanol–water partition coefficient (Wildman–Crippen LogP) is 1.45. The number of aromatic nitrogens is 1. The van der Waals surface area contributed by atoms with Gasteiger partial charge >= 0.3 is 0 Å². The maximum absolute atomic E-state index is 12.0. The average Bonchev–Trinajstić information content (AvgIpc) is 3.31. The second-order valence-corrected chi connectivity index (χ2v) is 5.54. The van der Waals surface area contributed by atoms with Crippen molar-refractivity contribution in [2.75, 3.05) is 18.0 Å². The van der Waals surface area contributed by atoms with E-state index >= 15 is 0 Å². The van der Waals surface area contributed by atoms with Crippen LogP contribution in [0.5, 0.6) is 0 Å². The molecule has 1 aliphatic carbocycles. The molecule has 20 heavy (non-hydrogen) atoms. The Morgan fingerprint density at radius 1 is 1.30 bits per heavy atom. The van der Waals surface area contributed by atoms with Crippen LogP contribution in [-0.4, -0.2) is 30.0 Å². The molecule has 0 radical (unpaired) electrons. The third-order valence-corrected chi connectivity index (χ3v) is 3.96. The summed E-state index contributed by atoms with van der Waals surface area (Å²) in [5.41, 5.74) is 0.441. The number of pyridine rings is 1. The van der Waals surface area contributed by atoms with Gasteiger partial charge in [0.25, 0.3) is 0 Å². The fraction of sp³-hybridized carbons (Fsp3) is 0.533. The number of carbonyl (C=O) groups is 1. The molecule has 1 aromatic heterocycles. The molecule has 1 saturated heterocycles. The smallest absolute Gasteiger partial charge is 0.223 e. The molecular weight excluding hydrogens is 252 g/mol. The Kier molecular flexibility index (Phi) is 3.55. The Hall–Kier alpha value is -2.09. The van der Waals surface area contributed by atoms with Crippen molar-refractivity contribution in [2.24, 2.45) is 5.92 Å². The molecule has 0 atom stereocenters. The van der Waals surface area contributed by atoms with Crippen molar-refractivity contribution >= 4 is 11.7 Å². The lowest BCUT2D eigenvalue weighted by Gasteiger charge is -2.32. The van der Waals surface area contributed by atoms with E-state index in [1.54, 1.807) is 6.07 Å². The van der Waals surface area contributed by atoms with Crippen molar-refractivity contribution in [3.05, 3.63) is 23.9 Å². The second-order valence-electron chi connectivity index (χ2n) is 5.54. The van der Waals surface area contributed by atoms with Gasteiger partial charge in [-0.05, 0) is 37.8 Å². The van der Waals surface area contributed by atoms with Gasteiger partial charge in [-0.25, -0.2) is 4.98 Å². The Morgan fingerprint density at radius 2 is 2.05 bits per heavy atom. The zero-order valence-corrected chi connectivity index (χ0v) is 11.4. The molecule has 3 rings (SSSR count). The zero-order chi connectivity index (χ0) is 13.9. The quantitative estimate of drug-likeness (QED) is 0.902. The van der Waals surface area contributed by atoms with E-state index in [-0.39, 0.29) is 11.8 Å². The van der Waals surface area contributed by atoms with Gasteiger partial charge in [-0.15, -0.1) is 0 Å². The Morgan fingerprint density at radius 3 is 2.70 bits per heavy atom. The molecule has 1 N–H and O–H groups in total. The number of nitrogens with one attached hydrogen (secondary N) is 1. The molecule has 0 aromatic carbocycles. The van der Waals surface area contributed by atoms with Gasteiger partial charge in [-0.3, -0.25) is 4.79 Å². The van der Waals surface area contributed by atoms with E-state index in [9.17, 15) is 4.79 Å². The SMILES string of the molecule is N#Cc1cccc(N2CCC(C(=O)NC3CC3)CC2)n1. The number of piperidine rings is 1. The number of anilines is 1. The number of nitrogens with zero attached hydrogens (tertiary/aromatic N) is 3. The highest BCUT2D eigenvalue weighted by atomic mass is 16.2. The van der Waals surface area contributed by atoms with Crippen LogP contribution in [0, 0.1) is 17.2 Å². The van der Waals surface area contributed by atoms with Crippen LogP contribution in [0.25, 0.3) is 0 Å². The van der Waals surface area contributed by atoms with E-state index in [0.29, 0.717) is 11.7 Å². The summed E-state index contributed by atoms with van der Waals surface area (Å²) in [5.74, 6) is 1.18. The molecule has 2 aliphatic rings. The Balaban J connectivity index is 1.57. The van der Waals surface area contributed by atoms with E-state index in [2.05, 4.69) is 21.3 Å². The van der Waals surface area contributed by atoms with Crippen LogP contribution in [0.1, 0.15) is 31.4 Å². The van der Waals surface area contributed by atoms with Crippen LogP contribution < -0.4 is 10.2 Å². The third kappa shape index (κ3) is 2.90. The largest absolute Gasteiger partial charge is 0.357 e. The van der Waals surface area contributed by atoms with Crippen LogP contribution in [0.2, 0.25) is 0 Å². The number of rotatable bonds is 3. The summed E-state index contributed by atoms with van der Waals surface area (Å²) in [7, 11) is 0. The van der Waals surface area contributed by atoms with Crippen molar-refractivity contribution in [3.8, 4) is 6.07 Å². The first-order chi connectivity index (χ1) is 9.76. The number of amides is 1. The fourth-order valence-corrected chi connectivity index (χ4v) is 2.58. The van der Waals surface area contributed by atoms with Crippen molar-refractivity contribution in [1.82, 2.24) is 10.3 Å². The first kappa shape index (κ1) is 12.9. The summed E-state index contributed by atoms with van der Waals surface area (Å²) in [4.78, 5) is 18.5. The molecule has 5 nitrogen and oxygen atoms in total. The van der Waals surface area contributed by atoms with Crippen LogP contribution in [-0.2, 0) is 4.79 Å². The lowest BCUT2D eigenvalue weighted by atomic mass is 9.96. The number of nitriles is 1. The van der Waals surface area contributed by atoms with Crippen molar-refractivity contribution in [3.63, 3.8) is 0 Å². The van der Waals surface area contributed by atoms with Gasteiger partial charge < -0.3 is 10.2 Å². The lowest BCUT2D eigenvalue weighted by molar-refractivity contribution is -0.125. The van der Waals surface area contributed by atoms with E-state index < -0.39 is 0 Å². The zero-order valence-electron chi connectivity index (χ0n) is 11.4. The molecule has 5 heteroatoms. The molecule has 1 aromatic rings. The van der Waals surface area contributed by atoms with Gasteiger partial charge in [0.05, 0.1) is 0 Å². The first-order valence-electron chi connectivity index (χ1n) is 7.19. The Labute approximate surface area is 118 Å². The molecule has 1 saturated carbocycles. The molecule has 1 amide bonds. The highest BCUT2D eigenvalue weighted by molar-refractivity contribution is 5.79. The summed E-state index contributed by atoms with van der Waals surface area (Å²) in [6.07, 6.45) is 3.99. The standard InChI is InChI=1S/C15H18N4O/c16-10-13-2-1-3-14(17-13)19-8-6-11(7-9-19)15(20)18-12-4-5-12/h1-3,11-12H,4-9H2,(H,18,20). The van der Waals surface area contributed by atoms with Crippen molar-refractivity contribution < 1.29 is 4.79 Å². The maximum Gasteiger partial charge on any atom is 0.223 e. The van der Waals surface area contributed by atoms with E-state index in [1.165, 1.54) is 0 Å². The van der Waals surface area contributed by atoms with Gasteiger partial charge in [-0.2, -0.15) is 5.26 Å². The molecular formula is C15H18N4O. The third-order valence-electron chi connectivity index (χ3n) is 3.96. The summed E-state index contributed by atoms with van der Waals surface area (Å²) in [6, 6.07) is 7.98. The van der Waals surface area contributed by atoms with Crippen LogP contribution in [0.4, 0.5) is 5.82 Å². The number of hydrogen-bond acceptors (Lipinski definition) is 4. The van der Waals surface area contributed by atoms with E-state index in [1.807, 2.05) is 12.1 Å². The van der Waals surface area contributed by atoms with Crippen LogP contribution >= 0.6 is 0 Å². The second kappa shape index (κ2) is 5.49. The van der Waals surface area contributed by atoms with E-state index in [0.717, 1.165) is 44.6 Å². The normalized spacial score (nSPS) is 19.4. The Bertz CT molecular complexity index is 539. The van der Waals surface area contributed by atoms with Crippen LogP contribution in [0.3, 0.4) is 0 Å². The van der Waals surface area contributed by atoms with Crippen molar-refractivity contribution in [1.29, 1.82) is 5.26 Å². The van der Waals surface area contributed by atoms with Crippen molar-refractivity contribution in [2.45, 2.75) is 31.7 Å². The van der Waals surface area contributed by atoms with Gasteiger partial charge in [0, 0.05) is 25.0 Å². The molecule has 1 aliphatic heterocycles. The van der Waals surface area contributed by atoms with Gasteiger partial charge in [0.2, 0.25) is 5.91 Å².